The lowest BCUT2D eigenvalue weighted by Crippen LogP contribution is -2.16. The number of hydrogen-bond acceptors (Lipinski definition) is 3. The molecule has 2 N–H and O–H groups in total. The van der Waals surface area contributed by atoms with Crippen molar-refractivity contribution in [3.63, 3.8) is 0 Å². The Labute approximate surface area is 102 Å². The quantitative estimate of drug-likeness (QED) is 0.876. The third-order valence-corrected chi connectivity index (χ3v) is 4.23. The van der Waals surface area contributed by atoms with Gasteiger partial charge in [-0.1, -0.05) is 0 Å². The van der Waals surface area contributed by atoms with Gasteiger partial charge < -0.3 is 10.5 Å². The minimum atomic E-state index is 0.255. The molecule has 1 aromatic rings. The van der Waals surface area contributed by atoms with Gasteiger partial charge in [0.15, 0.2) is 0 Å². The number of aryl methyl sites for hydroxylation is 1. The van der Waals surface area contributed by atoms with Crippen molar-refractivity contribution in [2.45, 2.75) is 51.7 Å². The van der Waals surface area contributed by atoms with Crippen LogP contribution < -0.4 is 5.73 Å². The van der Waals surface area contributed by atoms with Crippen LogP contribution in [0.4, 0.5) is 0 Å². The monoisotopic (exact) mass is 239 g/mol. The molecule has 1 aliphatic carbocycles. The van der Waals surface area contributed by atoms with Crippen LogP contribution in [-0.4, -0.2) is 12.6 Å². The first-order chi connectivity index (χ1) is 7.70. The van der Waals surface area contributed by atoms with E-state index >= 15 is 0 Å². The second kappa shape index (κ2) is 5.30. The molecule has 1 aliphatic rings. The van der Waals surface area contributed by atoms with Gasteiger partial charge in [-0.15, -0.1) is 11.3 Å². The Hall–Kier alpha value is -0.380. The van der Waals surface area contributed by atoms with Crippen molar-refractivity contribution >= 4 is 11.3 Å². The summed E-state index contributed by atoms with van der Waals surface area (Å²) in [5.74, 6) is 0. The van der Waals surface area contributed by atoms with E-state index in [0.29, 0.717) is 6.10 Å². The number of nitrogens with two attached hydrogens (primary N) is 1. The lowest BCUT2D eigenvalue weighted by atomic mass is 9.95. The van der Waals surface area contributed by atoms with E-state index in [1.807, 2.05) is 11.3 Å². The highest BCUT2D eigenvalue weighted by atomic mass is 32.1. The molecule has 2 unspecified atom stereocenters. The molecule has 0 aromatic carbocycles. The van der Waals surface area contributed by atoms with E-state index in [1.165, 1.54) is 34.6 Å². The zero-order valence-corrected chi connectivity index (χ0v) is 11.0. The molecule has 0 radical (unpaired) electrons. The molecule has 0 bridgehead atoms. The van der Waals surface area contributed by atoms with E-state index < -0.39 is 0 Å². The largest absolute Gasteiger partial charge is 0.374 e. The Morgan fingerprint density at radius 3 is 3.12 bits per heavy atom. The second-order valence-corrected chi connectivity index (χ2v) is 5.83. The lowest BCUT2D eigenvalue weighted by Gasteiger charge is -2.22. The first-order valence-electron chi connectivity index (χ1n) is 6.19. The van der Waals surface area contributed by atoms with Gasteiger partial charge in [0, 0.05) is 22.4 Å². The van der Waals surface area contributed by atoms with Crippen molar-refractivity contribution in [3.05, 3.63) is 21.4 Å². The van der Waals surface area contributed by atoms with E-state index in [9.17, 15) is 0 Å². The first kappa shape index (κ1) is 12.1. The molecule has 0 aliphatic heterocycles. The van der Waals surface area contributed by atoms with Gasteiger partial charge >= 0.3 is 0 Å². The summed E-state index contributed by atoms with van der Waals surface area (Å²) in [6, 6.07) is 2.58. The van der Waals surface area contributed by atoms with Gasteiger partial charge in [-0.05, 0) is 51.2 Å². The van der Waals surface area contributed by atoms with Gasteiger partial charge in [-0.2, -0.15) is 0 Å². The van der Waals surface area contributed by atoms with Crippen LogP contribution in [0.25, 0.3) is 0 Å². The van der Waals surface area contributed by atoms with Crippen molar-refractivity contribution < 1.29 is 4.74 Å². The maximum absolute atomic E-state index is 5.85. The summed E-state index contributed by atoms with van der Waals surface area (Å²) in [7, 11) is 0. The highest BCUT2D eigenvalue weighted by Gasteiger charge is 2.23. The number of rotatable bonds is 4. The standard InChI is InChI=1S/C13H21NOS/c1-3-15-12-5-4-6-13-11(12)8-10(16-13)7-9(2)14/h8-9,12H,3-7,14H2,1-2H3. The van der Waals surface area contributed by atoms with Crippen LogP contribution in [0, 0.1) is 0 Å². The summed E-state index contributed by atoms with van der Waals surface area (Å²) in [6.45, 7) is 4.95. The zero-order chi connectivity index (χ0) is 11.5. The Bertz CT molecular complexity index is 346. The van der Waals surface area contributed by atoms with Crippen molar-refractivity contribution in [1.82, 2.24) is 0 Å². The molecular weight excluding hydrogens is 218 g/mol. The van der Waals surface area contributed by atoms with Crippen LogP contribution in [0.5, 0.6) is 0 Å². The molecule has 0 amide bonds. The van der Waals surface area contributed by atoms with Gasteiger partial charge in [-0.3, -0.25) is 0 Å². The third kappa shape index (κ3) is 2.65. The van der Waals surface area contributed by atoms with Gasteiger partial charge in [0.25, 0.3) is 0 Å². The van der Waals surface area contributed by atoms with Crippen LogP contribution in [0.1, 0.15) is 48.1 Å². The highest BCUT2D eigenvalue weighted by molar-refractivity contribution is 7.12. The fourth-order valence-corrected chi connectivity index (χ4v) is 3.77. The van der Waals surface area contributed by atoms with Gasteiger partial charge in [0.2, 0.25) is 0 Å². The molecular formula is C13H21NOS. The lowest BCUT2D eigenvalue weighted by molar-refractivity contribution is 0.0506. The smallest absolute Gasteiger partial charge is 0.0835 e. The molecule has 0 spiro atoms. The number of hydrogen-bond donors (Lipinski definition) is 1. The van der Waals surface area contributed by atoms with Gasteiger partial charge in [0.1, 0.15) is 0 Å². The predicted molar refractivity (Wildman–Crippen MR) is 69.0 cm³/mol. The highest BCUT2D eigenvalue weighted by Crippen LogP contribution is 2.38. The van der Waals surface area contributed by atoms with Crippen molar-refractivity contribution in [3.8, 4) is 0 Å². The third-order valence-electron chi connectivity index (χ3n) is 3.00. The molecule has 1 heterocycles. The first-order valence-corrected chi connectivity index (χ1v) is 7.01. The molecule has 2 nitrogen and oxygen atoms in total. The Morgan fingerprint density at radius 1 is 1.62 bits per heavy atom. The second-order valence-electron chi connectivity index (χ2n) is 4.61. The Kier molecular flexibility index (Phi) is 4.00. The topological polar surface area (TPSA) is 35.2 Å². The number of fused-ring (bicyclic) bond motifs is 1. The fourth-order valence-electron chi connectivity index (χ4n) is 2.36. The molecule has 1 aromatic heterocycles. The summed E-state index contributed by atoms with van der Waals surface area (Å²) in [5.41, 5.74) is 7.29. The molecule has 2 atom stereocenters. The maximum Gasteiger partial charge on any atom is 0.0835 e. The predicted octanol–water partition coefficient (Wildman–Crippen LogP) is 3.05. The summed E-state index contributed by atoms with van der Waals surface area (Å²) in [5, 5.41) is 0. The van der Waals surface area contributed by atoms with Crippen LogP contribution in [0.3, 0.4) is 0 Å². The van der Waals surface area contributed by atoms with Crippen LogP contribution >= 0.6 is 11.3 Å². The van der Waals surface area contributed by atoms with Crippen LogP contribution in [0.15, 0.2) is 6.07 Å². The Morgan fingerprint density at radius 2 is 2.44 bits per heavy atom. The van der Waals surface area contributed by atoms with E-state index in [0.717, 1.165) is 13.0 Å². The van der Waals surface area contributed by atoms with Crippen molar-refractivity contribution in [2.24, 2.45) is 5.73 Å². The zero-order valence-electron chi connectivity index (χ0n) is 10.2. The normalized spacial score (nSPS) is 21.8. The minimum absolute atomic E-state index is 0.255. The molecule has 16 heavy (non-hydrogen) atoms. The molecule has 2 rings (SSSR count). The maximum atomic E-state index is 5.85. The number of thiophene rings is 1. The molecule has 90 valence electrons. The minimum Gasteiger partial charge on any atom is -0.374 e. The molecule has 0 saturated heterocycles. The molecule has 0 fully saturated rings. The average Bonchev–Trinajstić information content (AvgIpc) is 2.60. The Balaban J connectivity index is 2.17. The summed E-state index contributed by atoms with van der Waals surface area (Å²) < 4.78 is 5.80. The summed E-state index contributed by atoms with van der Waals surface area (Å²) in [6.07, 6.45) is 5.00. The van der Waals surface area contributed by atoms with Crippen molar-refractivity contribution in [2.75, 3.05) is 6.61 Å². The summed E-state index contributed by atoms with van der Waals surface area (Å²) in [4.78, 5) is 2.95. The average molecular weight is 239 g/mol. The van der Waals surface area contributed by atoms with Crippen molar-refractivity contribution in [1.29, 1.82) is 0 Å². The van der Waals surface area contributed by atoms with E-state index in [4.69, 9.17) is 10.5 Å². The molecule has 3 heteroatoms. The van der Waals surface area contributed by atoms with Gasteiger partial charge in [0.05, 0.1) is 6.10 Å². The fraction of sp³-hybridized carbons (Fsp3) is 0.692. The van der Waals surface area contributed by atoms with Gasteiger partial charge in [-0.25, -0.2) is 0 Å². The molecule has 0 saturated carbocycles. The van der Waals surface area contributed by atoms with E-state index in [2.05, 4.69) is 19.9 Å². The van der Waals surface area contributed by atoms with E-state index in [-0.39, 0.29) is 6.04 Å². The van der Waals surface area contributed by atoms with Crippen LogP contribution in [0.2, 0.25) is 0 Å². The van der Waals surface area contributed by atoms with Crippen LogP contribution in [-0.2, 0) is 17.6 Å². The number of ether oxygens (including phenoxy) is 1. The SMILES string of the molecule is CCOC1CCCc2sc(CC(C)N)cc21. The summed E-state index contributed by atoms with van der Waals surface area (Å²) >= 11 is 1.93. The van der Waals surface area contributed by atoms with E-state index in [1.54, 1.807) is 0 Å².